The van der Waals surface area contributed by atoms with E-state index in [9.17, 15) is 0 Å². The average molecular weight is 232 g/mol. The first-order chi connectivity index (χ1) is 7.81. The summed E-state index contributed by atoms with van der Waals surface area (Å²) in [6, 6.07) is 0. The van der Waals surface area contributed by atoms with E-state index in [1.54, 1.807) is 10.5 Å². The van der Waals surface area contributed by atoms with Crippen molar-refractivity contribution >= 4 is 11.8 Å². The minimum absolute atomic E-state index is 1.15. The number of hydrogen-bond acceptors (Lipinski definition) is 1. The molecule has 2 rings (SSSR count). The van der Waals surface area contributed by atoms with Gasteiger partial charge in [-0.05, 0) is 54.1 Å². The van der Waals surface area contributed by atoms with Crippen molar-refractivity contribution in [3.63, 3.8) is 0 Å². The Balaban J connectivity index is 2.18. The minimum atomic E-state index is 1.15. The van der Waals surface area contributed by atoms with Crippen LogP contribution in [0.2, 0.25) is 0 Å². The van der Waals surface area contributed by atoms with Crippen LogP contribution in [0.4, 0.5) is 0 Å². The summed E-state index contributed by atoms with van der Waals surface area (Å²) >= 11 is 1.92. The Morgan fingerprint density at radius 3 is 2.81 bits per heavy atom. The van der Waals surface area contributed by atoms with Gasteiger partial charge in [-0.2, -0.15) is 0 Å². The van der Waals surface area contributed by atoms with Gasteiger partial charge < -0.3 is 0 Å². The third kappa shape index (κ3) is 2.70. The molecule has 0 radical (unpaired) electrons. The molecule has 0 saturated heterocycles. The number of rotatable bonds is 4. The molecule has 0 aromatic rings. The fourth-order valence-corrected chi connectivity index (χ4v) is 3.10. The number of thioether (sulfide) groups is 1. The Hall–Kier alpha value is -0.690. The third-order valence-corrected chi connectivity index (χ3v) is 4.15. The normalized spacial score (nSPS) is 22.4. The Bertz CT molecular complexity index is 370. The largest absolute Gasteiger partial charge is 0.102 e. The van der Waals surface area contributed by atoms with Crippen molar-refractivity contribution in [2.24, 2.45) is 0 Å². The standard InChI is InChI=1S/C15H20S/c1-3-4-6-14(15-7-5-10-16-15)13-9-8-12(2)11-13/h5,9-11H,3-4,6-8H2,1-2H3. The summed E-state index contributed by atoms with van der Waals surface area (Å²) in [5.74, 6) is 0. The molecule has 0 spiro atoms. The quantitative estimate of drug-likeness (QED) is 0.629. The fraction of sp³-hybridized carbons (Fsp3) is 0.467. The maximum absolute atomic E-state index is 2.40. The Morgan fingerprint density at radius 2 is 2.25 bits per heavy atom. The first-order valence-electron chi connectivity index (χ1n) is 6.22. The van der Waals surface area contributed by atoms with E-state index in [4.69, 9.17) is 0 Å². The molecule has 16 heavy (non-hydrogen) atoms. The molecule has 0 aromatic heterocycles. The van der Waals surface area contributed by atoms with Crippen LogP contribution in [0.1, 0.15) is 46.0 Å². The van der Waals surface area contributed by atoms with E-state index in [1.165, 1.54) is 30.4 Å². The van der Waals surface area contributed by atoms with Gasteiger partial charge in [-0.25, -0.2) is 0 Å². The molecule has 86 valence electrons. The van der Waals surface area contributed by atoms with Gasteiger partial charge in [-0.3, -0.25) is 0 Å². The molecule has 0 amide bonds. The smallest absolute Gasteiger partial charge is 0.00227 e. The third-order valence-electron chi connectivity index (χ3n) is 3.12. The highest BCUT2D eigenvalue weighted by Gasteiger charge is 2.14. The highest BCUT2D eigenvalue weighted by molar-refractivity contribution is 8.06. The highest BCUT2D eigenvalue weighted by Crippen LogP contribution is 2.38. The second kappa shape index (κ2) is 5.58. The van der Waals surface area contributed by atoms with Gasteiger partial charge >= 0.3 is 0 Å². The predicted molar refractivity (Wildman–Crippen MR) is 74.4 cm³/mol. The summed E-state index contributed by atoms with van der Waals surface area (Å²) in [6.45, 7) is 4.50. The molecule has 0 saturated carbocycles. The molecule has 1 heteroatoms. The molecule has 0 atom stereocenters. The summed E-state index contributed by atoms with van der Waals surface area (Å²) in [4.78, 5) is 1.57. The van der Waals surface area contributed by atoms with E-state index in [1.807, 2.05) is 11.8 Å². The molecule has 0 unspecified atom stereocenters. The van der Waals surface area contributed by atoms with Gasteiger partial charge in [0.15, 0.2) is 0 Å². The molecule has 2 aliphatic rings. The maximum atomic E-state index is 2.40. The SMILES string of the molecule is CCCCC(C1=CCC(C)=C1)=C1CC=CS1. The van der Waals surface area contributed by atoms with Crippen molar-refractivity contribution in [1.29, 1.82) is 0 Å². The zero-order valence-electron chi connectivity index (χ0n) is 10.3. The lowest BCUT2D eigenvalue weighted by Gasteiger charge is -2.10. The fourth-order valence-electron chi connectivity index (χ4n) is 2.19. The second-order valence-electron chi connectivity index (χ2n) is 4.55. The lowest BCUT2D eigenvalue weighted by molar-refractivity contribution is 0.791. The van der Waals surface area contributed by atoms with Crippen molar-refractivity contribution in [2.45, 2.75) is 46.0 Å². The van der Waals surface area contributed by atoms with E-state index in [0.717, 1.165) is 12.8 Å². The van der Waals surface area contributed by atoms with Crippen molar-refractivity contribution in [3.8, 4) is 0 Å². The summed E-state index contributed by atoms with van der Waals surface area (Å²) in [5.41, 5.74) is 4.60. The van der Waals surface area contributed by atoms with Gasteiger partial charge in [0.1, 0.15) is 0 Å². The van der Waals surface area contributed by atoms with Crippen LogP contribution in [0.5, 0.6) is 0 Å². The van der Waals surface area contributed by atoms with Gasteiger partial charge in [-0.1, -0.05) is 37.1 Å². The van der Waals surface area contributed by atoms with E-state index >= 15 is 0 Å². The van der Waals surface area contributed by atoms with Crippen molar-refractivity contribution in [1.82, 2.24) is 0 Å². The number of hydrogen-bond donors (Lipinski definition) is 0. The van der Waals surface area contributed by atoms with E-state index in [2.05, 4.69) is 37.5 Å². The zero-order chi connectivity index (χ0) is 11.4. The van der Waals surface area contributed by atoms with E-state index in [-0.39, 0.29) is 0 Å². The minimum Gasteiger partial charge on any atom is -0.102 e. The van der Waals surface area contributed by atoms with E-state index in [0.29, 0.717) is 0 Å². The molecular weight excluding hydrogens is 212 g/mol. The van der Waals surface area contributed by atoms with Crippen LogP contribution >= 0.6 is 11.8 Å². The molecule has 1 aliphatic heterocycles. The monoisotopic (exact) mass is 232 g/mol. The van der Waals surface area contributed by atoms with Gasteiger partial charge in [0.25, 0.3) is 0 Å². The lowest BCUT2D eigenvalue weighted by Crippen LogP contribution is -1.90. The van der Waals surface area contributed by atoms with Crippen molar-refractivity contribution in [3.05, 3.63) is 45.3 Å². The molecule has 0 aromatic carbocycles. The molecule has 1 aliphatic carbocycles. The zero-order valence-corrected chi connectivity index (χ0v) is 11.1. The summed E-state index contributed by atoms with van der Waals surface area (Å²) < 4.78 is 0. The molecule has 0 bridgehead atoms. The van der Waals surface area contributed by atoms with Crippen LogP contribution in [0.3, 0.4) is 0 Å². The van der Waals surface area contributed by atoms with Crippen LogP contribution in [0.25, 0.3) is 0 Å². The van der Waals surface area contributed by atoms with Crippen LogP contribution < -0.4 is 0 Å². The maximum Gasteiger partial charge on any atom is -0.00227 e. The van der Waals surface area contributed by atoms with Gasteiger partial charge in [0.05, 0.1) is 0 Å². The lowest BCUT2D eigenvalue weighted by atomic mass is 9.99. The molecule has 0 N–H and O–H groups in total. The van der Waals surface area contributed by atoms with Gasteiger partial charge in [0.2, 0.25) is 0 Å². The Labute approximate surface area is 103 Å². The molecule has 0 nitrogen and oxygen atoms in total. The first kappa shape index (κ1) is 11.8. The van der Waals surface area contributed by atoms with Crippen molar-refractivity contribution in [2.75, 3.05) is 0 Å². The average Bonchev–Trinajstić information content (AvgIpc) is 2.91. The van der Waals surface area contributed by atoms with Crippen LogP contribution in [0, 0.1) is 0 Å². The van der Waals surface area contributed by atoms with E-state index < -0.39 is 0 Å². The summed E-state index contributed by atoms with van der Waals surface area (Å²) in [6.07, 6.45) is 13.2. The van der Waals surface area contributed by atoms with Crippen LogP contribution in [-0.2, 0) is 0 Å². The number of unbranched alkanes of at least 4 members (excludes halogenated alkanes) is 1. The topological polar surface area (TPSA) is 0 Å². The summed E-state index contributed by atoms with van der Waals surface area (Å²) in [7, 11) is 0. The highest BCUT2D eigenvalue weighted by atomic mass is 32.2. The molecule has 0 fully saturated rings. The first-order valence-corrected chi connectivity index (χ1v) is 7.10. The summed E-state index contributed by atoms with van der Waals surface area (Å²) in [5, 5.41) is 2.23. The van der Waals surface area contributed by atoms with Gasteiger partial charge in [-0.15, -0.1) is 11.8 Å². The molecular formula is C15H20S. The van der Waals surface area contributed by atoms with Crippen LogP contribution in [-0.4, -0.2) is 0 Å². The van der Waals surface area contributed by atoms with Gasteiger partial charge in [0, 0.05) is 0 Å². The van der Waals surface area contributed by atoms with Crippen LogP contribution in [0.15, 0.2) is 45.3 Å². The predicted octanol–water partition coefficient (Wildman–Crippen LogP) is 5.36. The Morgan fingerprint density at radius 1 is 1.38 bits per heavy atom. The molecule has 1 heterocycles. The number of allylic oxidation sites excluding steroid dienone is 7. The Kier molecular flexibility index (Phi) is 4.11. The van der Waals surface area contributed by atoms with Crippen molar-refractivity contribution < 1.29 is 0 Å². The second-order valence-corrected chi connectivity index (χ2v) is 5.55.